The number of fused-ring (bicyclic) bond motifs is 1. The monoisotopic (exact) mass is 479 g/mol. The largest absolute Gasteiger partial charge is 0.351 e. The van der Waals surface area contributed by atoms with Crippen molar-refractivity contribution in [1.29, 1.82) is 0 Å². The van der Waals surface area contributed by atoms with E-state index in [1.165, 1.54) is 11.9 Å². The zero-order valence-corrected chi connectivity index (χ0v) is 20.6. The van der Waals surface area contributed by atoms with E-state index in [0.717, 1.165) is 23.2 Å². The van der Waals surface area contributed by atoms with Gasteiger partial charge in [0.05, 0.1) is 5.69 Å². The molecule has 0 saturated carbocycles. The molecule has 182 valence electrons. The van der Waals surface area contributed by atoms with Crippen molar-refractivity contribution in [1.82, 2.24) is 29.5 Å². The third-order valence-electron chi connectivity index (χ3n) is 6.00. The number of aromatic nitrogens is 6. The molecule has 9 nitrogen and oxygen atoms in total. The lowest BCUT2D eigenvalue weighted by Gasteiger charge is -2.20. The molecule has 3 aromatic heterocycles. The van der Waals surface area contributed by atoms with E-state index in [-0.39, 0.29) is 12.1 Å². The van der Waals surface area contributed by atoms with Gasteiger partial charge in [0.2, 0.25) is 11.9 Å². The van der Waals surface area contributed by atoms with Crippen molar-refractivity contribution in [2.75, 3.05) is 17.3 Å². The first kappa shape index (κ1) is 23.4. The molecule has 2 unspecified atom stereocenters. The van der Waals surface area contributed by atoms with Crippen LogP contribution in [0, 0.1) is 0 Å². The van der Waals surface area contributed by atoms with Crippen LogP contribution in [0.5, 0.6) is 0 Å². The normalized spacial score (nSPS) is 12.9. The molecule has 0 amide bonds. The summed E-state index contributed by atoms with van der Waals surface area (Å²) < 4.78 is 1.70. The standard InChI is InChI=1S/C27H29N9/c1-18(14-20-8-7-11-22(15-20)19(2)28)32-26-29-13-12-24(34-26)35(3)27-33-23(21-9-5-4-6-10-21)16-25-30-17-31-36(25)27/h4-13,15-19H,14,28H2,1-3H3,(H,29,32,34). The summed E-state index contributed by atoms with van der Waals surface area (Å²) in [6.45, 7) is 4.11. The number of nitrogens with one attached hydrogen (secondary N) is 1. The number of rotatable bonds is 8. The molecule has 3 N–H and O–H groups in total. The smallest absolute Gasteiger partial charge is 0.234 e. The lowest BCUT2D eigenvalue weighted by molar-refractivity contribution is 0.767. The summed E-state index contributed by atoms with van der Waals surface area (Å²) in [5, 5.41) is 7.79. The molecule has 3 heterocycles. The lowest BCUT2D eigenvalue weighted by atomic mass is 10.0. The summed E-state index contributed by atoms with van der Waals surface area (Å²) >= 11 is 0. The molecule has 2 atom stereocenters. The Bertz CT molecular complexity index is 1460. The number of hydrogen-bond acceptors (Lipinski definition) is 8. The zero-order valence-electron chi connectivity index (χ0n) is 20.6. The lowest BCUT2D eigenvalue weighted by Crippen LogP contribution is -2.22. The van der Waals surface area contributed by atoms with Gasteiger partial charge in [-0.25, -0.2) is 15.0 Å². The van der Waals surface area contributed by atoms with E-state index < -0.39 is 0 Å². The van der Waals surface area contributed by atoms with Gasteiger partial charge >= 0.3 is 0 Å². The van der Waals surface area contributed by atoms with E-state index in [2.05, 4.69) is 45.5 Å². The molecule has 0 fully saturated rings. The average Bonchev–Trinajstić information content (AvgIpc) is 3.37. The Hall–Kier alpha value is -4.37. The van der Waals surface area contributed by atoms with Gasteiger partial charge in [-0.15, -0.1) is 0 Å². The molecule has 36 heavy (non-hydrogen) atoms. The number of nitrogens with zero attached hydrogens (tertiary/aromatic N) is 7. The van der Waals surface area contributed by atoms with E-state index in [9.17, 15) is 0 Å². The van der Waals surface area contributed by atoms with Crippen molar-refractivity contribution >= 4 is 23.4 Å². The summed E-state index contributed by atoms with van der Waals surface area (Å²) in [5.74, 6) is 1.84. The predicted molar refractivity (Wildman–Crippen MR) is 142 cm³/mol. The van der Waals surface area contributed by atoms with Crippen LogP contribution in [0.15, 0.2) is 79.3 Å². The highest BCUT2D eigenvalue weighted by atomic mass is 15.4. The van der Waals surface area contributed by atoms with E-state index in [4.69, 9.17) is 15.7 Å². The highest BCUT2D eigenvalue weighted by Gasteiger charge is 2.16. The molecule has 5 rings (SSSR count). The summed E-state index contributed by atoms with van der Waals surface area (Å²) in [4.78, 5) is 20.3. The number of benzene rings is 2. The first-order valence-electron chi connectivity index (χ1n) is 11.9. The summed E-state index contributed by atoms with van der Waals surface area (Å²) in [5.41, 5.74) is 10.9. The summed E-state index contributed by atoms with van der Waals surface area (Å²) in [7, 11) is 1.91. The zero-order chi connectivity index (χ0) is 25.1. The van der Waals surface area contributed by atoms with Crippen LogP contribution in [0.2, 0.25) is 0 Å². The van der Waals surface area contributed by atoms with Gasteiger partial charge in [-0.05, 0) is 37.5 Å². The molecule has 0 aliphatic rings. The molecule has 0 radical (unpaired) electrons. The van der Waals surface area contributed by atoms with Crippen molar-refractivity contribution in [3.8, 4) is 11.3 Å². The Morgan fingerprint density at radius 2 is 1.81 bits per heavy atom. The molecule has 0 saturated heterocycles. The molecule has 0 aliphatic carbocycles. The maximum atomic E-state index is 6.04. The summed E-state index contributed by atoms with van der Waals surface area (Å²) in [6, 6.07) is 22.3. The van der Waals surface area contributed by atoms with E-state index in [1.54, 1.807) is 10.7 Å². The van der Waals surface area contributed by atoms with Crippen LogP contribution >= 0.6 is 0 Å². The van der Waals surface area contributed by atoms with Gasteiger partial charge in [0.25, 0.3) is 0 Å². The van der Waals surface area contributed by atoms with E-state index in [1.807, 2.05) is 67.4 Å². The minimum absolute atomic E-state index is 0.00854. The van der Waals surface area contributed by atoms with Crippen molar-refractivity contribution in [3.63, 3.8) is 0 Å². The second-order valence-corrected chi connectivity index (χ2v) is 8.92. The Labute approximate surface area is 210 Å². The fourth-order valence-corrected chi connectivity index (χ4v) is 4.12. The number of anilines is 3. The number of nitrogens with two attached hydrogens (primary N) is 1. The van der Waals surface area contributed by atoms with Gasteiger partial charge < -0.3 is 11.1 Å². The average molecular weight is 480 g/mol. The molecular weight excluding hydrogens is 450 g/mol. The quantitative estimate of drug-likeness (QED) is 0.337. The van der Waals surface area contributed by atoms with Crippen LogP contribution in [-0.4, -0.2) is 42.6 Å². The van der Waals surface area contributed by atoms with Crippen molar-refractivity contribution in [2.45, 2.75) is 32.4 Å². The van der Waals surface area contributed by atoms with Gasteiger partial charge in [0, 0.05) is 37.0 Å². The van der Waals surface area contributed by atoms with Gasteiger partial charge in [-0.1, -0.05) is 54.6 Å². The topological polar surface area (TPSA) is 110 Å². The minimum Gasteiger partial charge on any atom is -0.351 e. The molecule has 0 bridgehead atoms. The molecule has 2 aromatic carbocycles. The first-order chi connectivity index (χ1) is 17.5. The highest BCUT2D eigenvalue weighted by molar-refractivity contribution is 5.67. The van der Waals surface area contributed by atoms with E-state index >= 15 is 0 Å². The van der Waals surface area contributed by atoms with Gasteiger partial charge in [0.15, 0.2) is 5.65 Å². The highest BCUT2D eigenvalue weighted by Crippen LogP contribution is 2.26. The van der Waals surface area contributed by atoms with Crippen LogP contribution in [-0.2, 0) is 6.42 Å². The van der Waals surface area contributed by atoms with Gasteiger partial charge in [-0.3, -0.25) is 4.90 Å². The van der Waals surface area contributed by atoms with Crippen molar-refractivity contribution < 1.29 is 0 Å². The maximum absolute atomic E-state index is 6.04. The molecule has 9 heteroatoms. The maximum Gasteiger partial charge on any atom is 0.234 e. The SMILES string of the molecule is CC(Cc1cccc(C(C)N)c1)Nc1nccc(N(C)c2nc(-c3ccccc3)cc3ncnn23)n1. The fourth-order valence-electron chi connectivity index (χ4n) is 4.12. The van der Waals surface area contributed by atoms with Crippen LogP contribution in [0.25, 0.3) is 16.9 Å². The third kappa shape index (κ3) is 5.01. The fraction of sp³-hybridized carbons (Fsp3) is 0.222. The second kappa shape index (κ2) is 10.1. The molecule has 5 aromatic rings. The molecular formula is C27H29N9. The number of hydrogen-bond donors (Lipinski definition) is 2. The van der Waals surface area contributed by atoms with Gasteiger partial charge in [0.1, 0.15) is 12.1 Å². The Kier molecular flexibility index (Phi) is 6.55. The van der Waals surface area contributed by atoms with Gasteiger partial charge in [-0.2, -0.15) is 14.6 Å². The predicted octanol–water partition coefficient (Wildman–Crippen LogP) is 4.41. The summed E-state index contributed by atoms with van der Waals surface area (Å²) in [6.07, 6.45) is 4.09. The minimum atomic E-state index is 0.00854. The van der Waals surface area contributed by atoms with Crippen molar-refractivity contribution in [3.05, 3.63) is 90.4 Å². The second-order valence-electron chi connectivity index (χ2n) is 8.92. The Morgan fingerprint density at radius 1 is 0.972 bits per heavy atom. The van der Waals surface area contributed by atoms with E-state index in [0.29, 0.717) is 23.4 Å². The van der Waals surface area contributed by atoms with Crippen LogP contribution in [0.3, 0.4) is 0 Å². The Balaban J connectivity index is 1.39. The van der Waals surface area contributed by atoms with Crippen LogP contribution in [0.1, 0.15) is 31.0 Å². The van der Waals surface area contributed by atoms with Crippen LogP contribution < -0.4 is 16.0 Å². The Morgan fingerprint density at radius 3 is 2.61 bits per heavy atom. The molecule has 0 spiro atoms. The van der Waals surface area contributed by atoms with Crippen LogP contribution in [0.4, 0.5) is 17.7 Å². The third-order valence-corrected chi connectivity index (χ3v) is 6.00. The first-order valence-corrected chi connectivity index (χ1v) is 11.9. The molecule has 0 aliphatic heterocycles. The van der Waals surface area contributed by atoms with Crippen molar-refractivity contribution in [2.24, 2.45) is 5.73 Å².